The average molecular weight is 760 g/mol. The van der Waals surface area contributed by atoms with Gasteiger partial charge in [0.25, 0.3) is 0 Å². The molecule has 7 heteroatoms. The fraction of sp³-hybridized carbons (Fsp3) is 0.370. The van der Waals surface area contributed by atoms with Crippen LogP contribution in [0.5, 0.6) is 0 Å². The number of hydrogen-bond donors (Lipinski definition) is 1. The van der Waals surface area contributed by atoms with Crippen molar-refractivity contribution in [3.63, 3.8) is 0 Å². The second-order valence-electron chi connectivity index (χ2n) is 13.0. The molecule has 0 heterocycles. The van der Waals surface area contributed by atoms with Gasteiger partial charge in [0, 0.05) is 43.1 Å². The molecule has 0 aliphatic heterocycles. The summed E-state index contributed by atoms with van der Waals surface area (Å²) in [5.41, 5.74) is 8.94. The number of hydrogen-bond acceptors (Lipinski definition) is 6. The van der Waals surface area contributed by atoms with Crippen LogP contribution in [0.15, 0.2) is 97.1 Å². The maximum atomic E-state index is 10.7. The number of nitrogens with zero attached hydrogens (tertiary/aromatic N) is 2. The third-order valence-electron chi connectivity index (χ3n) is 8.81. The molecule has 0 spiro atoms. The Morgan fingerprint density at radius 3 is 1.00 bits per heavy atom. The monoisotopic (exact) mass is 759 g/mol. The summed E-state index contributed by atoms with van der Waals surface area (Å²) in [6.45, 7) is 13.6. The zero-order valence-corrected chi connectivity index (χ0v) is 33.4. The van der Waals surface area contributed by atoms with Gasteiger partial charge in [0.1, 0.15) is 6.29 Å². The summed E-state index contributed by atoms with van der Waals surface area (Å²) in [5, 5.41) is 9.09. The molecule has 1 N–H and O–H groups in total. The van der Waals surface area contributed by atoms with E-state index in [1.165, 1.54) is 73.9 Å². The Labute approximate surface area is 325 Å². The van der Waals surface area contributed by atoms with Gasteiger partial charge in [0.15, 0.2) is 0 Å². The zero-order chi connectivity index (χ0) is 38.5. The standard InChI is InChI=1S/C23H31NO.C23H29NO.Mn.2O/c2*1-3-5-17-24(18-6-4-2)23-15-13-21(14-16-23)8-7-20-9-11-22(19-25)12-10-20;;;/h7-16,25H,3-6,17-19H2,1-2H3;7-16,19H,3-6,17-18H2,1-2H3;;;/b2*8-7+;;;. The van der Waals surface area contributed by atoms with Crippen LogP contribution >= 0.6 is 0 Å². The third kappa shape index (κ3) is 18.3. The van der Waals surface area contributed by atoms with E-state index >= 15 is 0 Å². The number of aliphatic hydroxyl groups is 1. The van der Waals surface area contributed by atoms with Crippen molar-refractivity contribution in [2.24, 2.45) is 0 Å². The minimum absolute atomic E-state index is 0.0953. The number of anilines is 2. The molecule has 285 valence electrons. The Bertz CT molecular complexity index is 1610. The van der Waals surface area contributed by atoms with Crippen molar-refractivity contribution in [1.82, 2.24) is 0 Å². The van der Waals surface area contributed by atoms with E-state index in [1.54, 1.807) is 0 Å². The van der Waals surface area contributed by atoms with E-state index in [4.69, 9.17) is 12.8 Å². The van der Waals surface area contributed by atoms with E-state index in [0.717, 1.165) is 49.2 Å². The topological polar surface area (TPSA) is 77.9 Å². The van der Waals surface area contributed by atoms with Crippen molar-refractivity contribution in [1.29, 1.82) is 0 Å². The van der Waals surface area contributed by atoms with Crippen molar-refractivity contribution >= 4 is 42.0 Å². The molecule has 4 rings (SSSR count). The summed E-state index contributed by atoms with van der Waals surface area (Å²) in [6, 6.07) is 33.3. The summed E-state index contributed by atoms with van der Waals surface area (Å²) in [6.07, 6.45) is 19.2. The molecule has 0 bridgehead atoms. The fourth-order valence-electron chi connectivity index (χ4n) is 5.53. The van der Waals surface area contributed by atoms with Crippen molar-refractivity contribution in [3.05, 3.63) is 130 Å². The molecular formula is C46H60MnN2O4. The van der Waals surface area contributed by atoms with E-state index in [9.17, 15) is 4.79 Å². The first-order valence-corrected chi connectivity index (χ1v) is 20.1. The summed E-state index contributed by atoms with van der Waals surface area (Å²) in [4.78, 5) is 15.7. The Balaban J connectivity index is 0.000000341. The molecular weight excluding hydrogens is 699 g/mol. The normalized spacial score (nSPS) is 10.7. The van der Waals surface area contributed by atoms with Crippen molar-refractivity contribution < 1.29 is 32.4 Å². The minimum atomic E-state index is -1.44. The molecule has 6 nitrogen and oxygen atoms in total. The summed E-state index contributed by atoms with van der Waals surface area (Å²) in [7, 11) is 0. The molecule has 0 unspecified atom stereocenters. The molecule has 0 aromatic heterocycles. The van der Waals surface area contributed by atoms with Crippen molar-refractivity contribution in [3.8, 4) is 0 Å². The number of carbonyl (C=O) groups is 1. The van der Waals surface area contributed by atoms with Gasteiger partial charge < -0.3 is 14.9 Å². The second kappa shape index (κ2) is 28.2. The van der Waals surface area contributed by atoms with E-state index in [-0.39, 0.29) is 6.61 Å². The molecule has 4 aromatic rings. The first-order chi connectivity index (χ1) is 25.9. The fourth-order valence-corrected chi connectivity index (χ4v) is 5.53. The SMILES string of the molecule is CCCCN(CCCC)c1ccc(/C=C/c2ccc(C=O)cc2)cc1.CCCCN(CCCC)c1ccc(/C=C/c2ccc(CO)cc2)cc1.[O]=[Mn]=[O]. The number of rotatable bonds is 20. The molecule has 0 radical (unpaired) electrons. The Morgan fingerprint density at radius 1 is 0.472 bits per heavy atom. The van der Waals surface area contributed by atoms with E-state index in [2.05, 4.69) is 110 Å². The van der Waals surface area contributed by atoms with Crippen LogP contribution < -0.4 is 9.80 Å². The molecule has 0 aliphatic carbocycles. The maximum absolute atomic E-state index is 10.7. The van der Waals surface area contributed by atoms with Crippen molar-refractivity contribution in [2.45, 2.75) is 85.7 Å². The first-order valence-electron chi connectivity index (χ1n) is 19.2. The van der Waals surface area contributed by atoms with Crippen LogP contribution in [0.3, 0.4) is 0 Å². The quantitative estimate of drug-likeness (QED) is 0.0549. The summed E-state index contributed by atoms with van der Waals surface area (Å²) >= 11 is -1.44. The summed E-state index contributed by atoms with van der Waals surface area (Å²) in [5.74, 6) is 0. The van der Waals surface area contributed by atoms with Crippen LogP contribution in [0.4, 0.5) is 11.4 Å². The van der Waals surface area contributed by atoms with Crippen LogP contribution in [-0.2, 0) is 29.1 Å². The number of carbonyl (C=O) groups excluding carboxylic acids is 1. The van der Waals surface area contributed by atoms with Crippen LogP contribution in [0.1, 0.15) is 117 Å². The van der Waals surface area contributed by atoms with E-state index < -0.39 is 14.8 Å². The first kappa shape index (κ1) is 44.9. The molecule has 0 saturated heterocycles. The van der Waals surface area contributed by atoms with E-state index in [0.29, 0.717) is 5.56 Å². The van der Waals surface area contributed by atoms with Crippen molar-refractivity contribution in [2.75, 3.05) is 36.0 Å². The van der Waals surface area contributed by atoms with Crippen LogP contribution in [-0.4, -0.2) is 37.6 Å². The van der Waals surface area contributed by atoms with Gasteiger partial charge in [-0.3, -0.25) is 4.79 Å². The van der Waals surface area contributed by atoms with Crippen LogP contribution in [0, 0.1) is 0 Å². The van der Waals surface area contributed by atoms with Gasteiger partial charge in [-0.2, -0.15) is 0 Å². The average Bonchev–Trinajstić information content (AvgIpc) is 3.21. The third-order valence-corrected chi connectivity index (χ3v) is 8.81. The summed E-state index contributed by atoms with van der Waals surface area (Å²) < 4.78 is 16.8. The Kier molecular flexibility index (Phi) is 23.9. The Morgan fingerprint density at radius 2 is 0.736 bits per heavy atom. The predicted molar refractivity (Wildman–Crippen MR) is 220 cm³/mol. The number of aldehydes is 1. The molecule has 53 heavy (non-hydrogen) atoms. The molecule has 0 fully saturated rings. The zero-order valence-electron chi connectivity index (χ0n) is 32.3. The van der Waals surface area contributed by atoms with Crippen LogP contribution in [0.2, 0.25) is 0 Å². The molecule has 0 atom stereocenters. The molecule has 4 aromatic carbocycles. The molecule has 0 aliphatic rings. The van der Waals surface area contributed by atoms with Crippen LogP contribution in [0.25, 0.3) is 24.3 Å². The second-order valence-corrected chi connectivity index (χ2v) is 13.2. The Hall–Kier alpha value is -4.29. The van der Waals surface area contributed by atoms with Gasteiger partial charge in [-0.1, -0.05) is 150 Å². The van der Waals surface area contributed by atoms with Gasteiger partial charge in [-0.05, 0) is 77.8 Å². The number of unbranched alkanes of at least 4 members (excludes halogenated alkanes) is 4. The number of aliphatic hydroxyl groups excluding tert-OH is 1. The predicted octanol–water partition coefficient (Wildman–Crippen LogP) is 11.6. The number of benzene rings is 4. The van der Waals surface area contributed by atoms with E-state index in [1.807, 2.05) is 48.5 Å². The van der Waals surface area contributed by atoms with Gasteiger partial charge in [-0.15, -0.1) is 0 Å². The molecule has 0 amide bonds. The van der Waals surface area contributed by atoms with Gasteiger partial charge in [-0.25, -0.2) is 0 Å². The van der Waals surface area contributed by atoms with Gasteiger partial charge >= 0.3 is 22.5 Å². The van der Waals surface area contributed by atoms with Gasteiger partial charge in [0.2, 0.25) is 0 Å². The molecule has 0 saturated carbocycles. The van der Waals surface area contributed by atoms with Gasteiger partial charge in [0.05, 0.1) is 6.61 Å².